The van der Waals surface area contributed by atoms with Gasteiger partial charge in [-0.2, -0.15) is 0 Å². The quantitative estimate of drug-likeness (QED) is 0.602. The molecular weight excluding hydrogens is 410 g/mol. The minimum Gasteiger partial charge on any atom is -0.343 e. The van der Waals surface area contributed by atoms with E-state index >= 15 is 0 Å². The molecule has 31 heavy (non-hydrogen) atoms. The van der Waals surface area contributed by atoms with Crippen LogP contribution in [0.1, 0.15) is 23.0 Å². The second-order valence-electron chi connectivity index (χ2n) is 7.52. The Morgan fingerprint density at radius 1 is 1.19 bits per heavy atom. The molecule has 3 aromatic rings. The normalized spacial score (nSPS) is 15.8. The van der Waals surface area contributed by atoms with Gasteiger partial charge in [0.25, 0.3) is 5.91 Å². The molecule has 7 nitrogen and oxygen atoms in total. The number of aromatic nitrogens is 2. The van der Waals surface area contributed by atoms with Crippen LogP contribution in [0, 0.1) is 12.3 Å². The summed E-state index contributed by atoms with van der Waals surface area (Å²) in [5.74, 6) is 0.761. The lowest BCUT2D eigenvalue weighted by Gasteiger charge is -2.23. The van der Waals surface area contributed by atoms with Gasteiger partial charge in [-0.15, -0.1) is 11.8 Å². The Balaban J connectivity index is 1.55. The number of nitrogens with one attached hydrogen (secondary N) is 2. The molecule has 1 aliphatic heterocycles. The first-order valence-corrected chi connectivity index (χ1v) is 11.1. The number of benzene rings is 1. The van der Waals surface area contributed by atoms with Gasteiger partial charge in [-0.05, 0) is 43.7 Å². The minimum absolute atomic E-state index is 0.103. The van der Waals surface area contributed by atoms with Crippen molar-refractivity contribution in [1.82, 2.24) is 20.2 Å². The van der Waals surface area contributed by atoms with Gasteiger partial charge in [0.05, 0.1) is 29.5 Å². The van der Waals surface area contributed by atoms with Gasteiger partial charge in [-0.25, -0.2) is 0 Å². The lowest BCUT2D eigenvalue weighted by Crippen LogP contribution is -2.45. The number of aryl methyl sites for hydroxylation is 1. The highest BCUT2D eigenvalue weighted by Gasteiger charge is 2.30. The number of rotatable bonds is 5. The highest BCUT2D eigenvalue weighted by atomic mass is 32.2. The van der Waals surface area contributed by atoms with Crippen molar-refractivity contribution in [3.63, 3.8) is 0 Å². The predicted octanol–water partition coefficient (Wildman–Crippen LogP) is 3.28. The molecule has 0 spiro atoms. The Labute approximate surface area is 184 Å². The van der Waals surface area contributed by atoms with Gasteiger partial charge in [0.15, 0.2) is 0 Å². The van der Waals surface area contributed by atoms with Crippen molar-refractivity contribution >= 4 is 40.2 Å². The molecule has 1 aromatic carbocycles. The zero-order chi connectivity index (χ0) is 22.0. The summed E-state index contributed by atoms with van der Waals surface area (Å²) in [6, 6.07) is 11.2. The summed E-state index contributed by atoms with van der Waals surface area (Å²) >= 11 is 1.62. The van der Waals surface area contributed by atoms with E-state index < -0.39 is 0 Å². The molecule has 3 heterocycles. The van der Waals surface area contributed by atoms with Gasteiger partial charge >= 0.3 is 0 Å². The lowest BCUT2D eigenvalue weighted by molar-refractivity contribution is -0.129. The van der Waals surface area contributed by atoms with Gasteiger partial charge in [0, 0.05) is 40.5 Å². The van der Waals surface area contributed by atoms with E-state index in [1.807, 2.05) is 37.3 Å². The summed E-state index contributed by atoms with van der Waals surface area (Å²) in [4.78, 5) is 35.9. The summed E-state index contributed by atoms with van der Waals surface area (Å²) in [7, 11) is 0. The molecule has 2 aromatic heterocycles. The molecule has 2 amide bonds. The summed E-state index contributed by atoms with van der Waals surface area (Å²) in [5, 5.41) is 11.3. The molecule has 158 valence electrons. The van der Waals surface area contributed by atoms with Crippen LogP contribution in [0.2, 0.25) is 0 Å². The number of carbonyl (C=O) groups is 2. The zero-order valence-corrected chi connectivity index (χ0v) is 18.2. The summed E-state index contributed by atoms with van der Waals surface area (Å²) < 4.78 is 0. The number of hydrogen-bond acceptors (Lipinski definition) is 6. The zero-order valence-electron chi connectivity index (χ0n) is 17.4. The lowest BCUT2D eigenvalue weighted by atomic mass is 10.0. The SMILES string of the molecule is CC(=N)[C@@H]1CSCN1C(=O)CNC(=O)c1ccnc2ccc(-c3ccc(C)nc3)cc12. The molecule has 8 heteroatoms. The predicted molar refractivity (Wildman–Crippen MR) is 123 cm³/mol. The first kappa shape index (κ1) is 21.0. The van der Waals surface area contributed by atoms with Crippen molar-refractivity contribution in [2.75, 3.05) is 18.2 Å². The monoisotopic (exact) mass is 433 g/mol. The van der Waals surface area contributed by atoms with E-state index in [-0.39, 0.29) is 24.4 Å². The van der Waals surface area contributed by atoms with E-state index in [1.165, 1.54) is 0 Å². The van der Waals surface area contributed by atoms with Crippen molar-refractivity contribution in [2.24, 2.45) is 0 Å². The number of carbonyl (C=O) groups excluding carboxylic acids is 2. The van der Waals surface area contributed by atoms with E-state index in [4.69, 9.17) is 5.41 Å². The number of thioether (sulfide) groups is 1. The van der Waals surface area contributed by atoms with E-state index in [2.05, 4.69) is 15.3 Å². The average Bonchev–Trinajstić information content (AvgIpc) is 3.27. The van der Waals surface area contributed by atoms with Gasteiger partial charge in [-0.3, -0.25) is 19.6 Å². The third-order valence-electron chi connectivity index (χ3n) is 5.33. The molecule has 1 saturated heterocycles. The molecule has 1 aliphatic rings. The fourth-order valence-corrected chi connectivity index (χ4v) is 4.84. The van der Waals surface area contributed by atoms with Crippen molar-refractivity contribution < 1.29 is 9.59 Å². The second kappa shape index (κ2) is 8.85. The van der Waals surface area contributed by atoms with Crippen molar-refractivity contribution in [3.8, 4) is 11.1 Å². The van der Waals surface area contributed by atoms with Crippen molar-refractivity contribution in [1.29, 1.82) is 5.41 Å². The molecule has 0 radical (unpaired) electrons. The second-order valence-corrected chi connectivity index (χ2v) is 8.52. The van der Waals surface area contributed by atoms with E-state index in [1.54, 1.807) is 42.0 Å². The van der Waals surface area contributed by atoms with Gasteiger partial charge in [-0.1, -0.05) is 12.1 Å². The van der Waals surface area contributed by atoms with Crippen LogP contribution < -0.4 is 5.32 Å². The average molecular weight is 434 g/mol. The number of hydrogen-bond donors (Lipinski definition) is 2. The largest absolute Gasteiger partial charge is 0.343 e. The van der Waals surface area contributed by atoms with Crippen molar-refractivity contribution in [3.05, 3.63) is 60.0 Å². The third kappa shape index (κ3) is 4.44. The van der Waals surface area contributed by atoms with Crippen LogP contribution in [0.3, 0.4) is 0 Å². The molecule has 2 N–H and O–H groups in total. The highest BCUT2D eigenvalue weighted by Crippen LogP contribution is 2.26. The first-order chi connectivity index (χ1) is 14.9. The molecule has 0 aliphatic carbocycles. The van der Waals surface area contributed by atoms with Gasteiger partial charge in [0.1, 0.15) is 0 Å². The first-order valence-electron chi connectivity index (χ1n) is 9.96. The fourth-order valence-electron chi connectivity index (χ4n) is 3.56. The summed E-state index contributed by atoms with van der Waals surface area (Å²) in [5.41, 5.74) is 4.47. The van der Waals surface area contributed by atoms with Crippen LogP contribution in [-0.2, 0) is 4.79 Å². The van der Waals surface area contributed by atoms with Crippen LogP contribution >= 0.6 is 11.8 Å². The topological polar surface area (TPSA) is 99.0 Å². The summed E-state index contributed by atoms with van der Waals surface area (Å²) in [6.07, 6.45) is 3.40. The number of nitrogens with zero attached hydrogens (tertiary/aromatic N) is 3. The van der Waals surface area contributed by atoms with Crippen LogP contribution in [0.15, 0.2) is 48.8 Å². The Bertz CT molecular complexity index is 1160. The van der Waals surface area contributed by atoms with E-state index in [9.17, 15) is 9.59 Å². The van der Waals surface area contributed by atoms with Crippen LogP contribution in [-0.4, -0.2) is 56.6 Å². The van der Waals surface area contributed by atoms with E-state index in [0.717, 1.165) is 28.0 Å². The fraction of sp³-hybridized carbons (Fsp3) is 0.261. The molecule has 0 unspecified atom stereocenters. The number of pyridine rings is 2. The molecular formula is C23H23N5O2S. The Kier molecular flexibility index (Phi) is 5.99. The maximum Gasteiger partial charge on any atom is 0.252 e. The molecule has 0 saturated carbocycles. The maximum absolute atomic E-state index is 12.9. The Morgan fingerprint density at radius 2 is 2.00 bits per heavy atom. The van der Waals surface area contributed by atoms with Crippen LogP contribution in [0.5, 0.6) is 0 Å². The molecule has 0 bridgehead atoms. The summed E-state index contributed by atoms with van der Waals surface area (Å²) in [6.45, 7) is 3.54. The Hall–Kier alpha value is -3.26. The minimum atomic E-state index is -0.324. The standard InChI is InChI=1S/C23H23N5O2S/c1-14-3-4-17(10-26-14)16-5-6-20-19(9-16)18(7-8-25-20)23(30)27-11-22(29)28-13-31-12-21(28)15(2)24/h3-10,21,24H,11-13H2,1-2H3,(H,27,30)/t21-/m0/s1. The molecule has 4 rings (SSSR count). The molecule has 1 atom stereocenters. The van der Waals surface area contributed by atoms with Gasteiger partial charge in [0.2, 0.25) is 5.91 Å². The van der Waals surface area contributed by atoms with Crippen LogP contribution in [0.4, 0.5) is 0 Å². The van der Waals surface area contributed by atoms with Crippen LogP contribution in [0.25, 0.3) is 22.0 Å². The Morgan fingerprint density at radius 3 is 2.74 bits per heavy atom. The number of amides is 2. The highest BCUT2D eigenvalue weighted by molar-refractivity contribution is 7.99. The smallest absolute Gasteiger partial charge is 0.252 e. The van der Waals surface area contributed by atoms with Gasteiger partial charge < -0.3 is 15.6 Å². The number of fused-ring (bicyclic) bond motifs is 1. The van der Waals surface area contributed by atoms with E-state index in [0.29, 0.717) is 22.7 Å². The maximum atomic E-state index is 12.9. The third-order valence-corrected chi connectivity index (χ3v) is 6.35. The molecule has 1 fully saturated rings. The van der Waals surface area contributed by atoms with Crippen molar-refractivity contribution in [2.45, 2.75) is 19.9 Å².